The van der Waals surface area contributed by atoms with Gasteiger partial charge in [-0.05, 0) is 61.6 Å². The topological polar surface area (TPSA) is 72.1 Å². The van der Waals surface area contributed by atoms with Gasteiger partial charge in [-0.15, -0.1) is 0 Å². The van der Waals surface area contributed by atoms with E-state index in [0.717, 1.165) is 5.56 Å². The Hall–Kier alpha value is -3.78. The van der Waals surface area contributed by atoms with E-state index in [1.54, 1.807) is 26.4 Å². The Morgan fingerprint density at radius 1 is 1.03 bits per heavy atom. The molecule has 8 heteroatoms. The van der Waals surface area contributed by atoms with Gasteiger partial charge >= 0.3 is 0 Å². The van der Waals surface area contributed by atoms with Gasteiger partial charge in [0, 0.05) is 11.3 Å². The summed E-state index contributed by atoms with van der Waals surface area (Å²) < 4.78 is 17.4. The Balaban J connectivity index is 1.60. The molecule has 0 spiro atoms. The summed E-state index contributed by atoms with van der Waals surface area (Å²) in [7, 11) is 3.21. The average molecular weight is 476 g/mol. The van der Waals surface area contributed by atoms with Crippen molar-refractivity contribution in [1.82, 2.24) is 5.32 Å². The number of benzene rings is 3. The fourth-order valence-corrected chi connectivity index (χ4v) is 5.21. The summed E-state index contributed by atoms with van der Waals surface area (Å²) in [5, 5.41) is 6.91. The highest BCUT2D eigenvalue weighted by Gasteiger charge is 2.59. The van der Waals surface area contributed by atoms with E-state index in [4.69, 9.17) is 26.4 Å². The minimum Gasteiger partial charge on any atom is -0.497 e. The van der Waals surface area contributed by atoms with E-state index in [-0.39, 0.29) is 11.9 Å². The van der Waals surface area contributed by atoms with E-state index in [0.29, 0.717) is 33.7 Å². The summed E-state index contributed by atoms with van der Waals surface area (Å²) in [5.74, 6) is 1.22. The molecule has 5 rings (SSSR count). The lowest BCUT2D eigenvalue weighted by Crippen LogP contribution is -2.72. The summed E-state index contributed by atoms with van der Waals surface area (Å²) in [4.78, 5) is 15.7. The van der Waals surface area contributed by atoms with Crippen molar-refractivity contribution in [2.24, 2.45) is 5.92 Å². The van der Waals surface area contributed by atoms with Crippen LogP contribution in [0.3, 0.4) is 0 Å². The molecule has 2 aliphatic rings. The van der Waals surface area contributed by atoms with E-state index < -0.39 is 11.6 Å². The van der Waals surface area contributed by atoms with Crippen LogP contribution in [0.1, 0.15) is 18.5 Å². The van der Waals surface area contributed by atoms with Gasteiger partial charge in [0.1, 0.15) is 23.2 Å². The first-order valence-corrected chi connectivity index (χ1v) is 11.3. The average Bonchev–Trinajstić information content (AvgIpc) is 2.84. The summed E-state index contributed by atoms with van der Waals surface area (Å²) >= 11 is 5.80. The second-order valence-electron chi connectivity index (χ2n) is 8.32. The zero-order valence-corrected chi connectivity index (χ0v) is 19.9. The lowest BCUT2D eigenvalue weighted by Gasteiger charge is -2.56. The largest absolute Gasteiger partial charge is 0.497 e. The van der Waals surface area contributed by atoms with Gasteiger partial charge in [-0.3, -0.25) is 9.69 Å². The van der Waals surface area contributed by atoms with Crippen molar-refractivity contribution in [2.75, 3.05) is 24.4 Å². The number of anilines is 2. The maximum absolute atomic E-state index is 13.8. The van der Waals surface area contributed by atoms with Crippen molar-refractivity contribution in [1.29, 1.82) is 0 Å². The molecule has 1 amide bonds. The van der Waals surface area contributed by atoms with E-state index in [1.807, 2.05) is 72.5 Å². The lowest BCUT2D eigenvalue weighted by atomic mass is 9.78. The van der Waals surface area contributed by atoms with E-state index in [9.17, 15) is 4.79 Å². The molecule has 2 aliphatic heterocycles. The highest BCUT2D eigenvalue weighted by molar-refractivity contribution is 7.80. The van der Waals surface area contributed by atoms with Crippen LogP contribution >= 0.6 is 12.2 Å². The van der Waals surface area contributed by atoms with Crippen LogP contribution in [0.5, 0.6) is 17.2 Å². The van der Waals surface area contributed by atoms with Crippen molar-refractivity contribution in [3.63, 3.8) is 0 Å². The second-order valence-corrected chi connectivity index (χ2v) is 8.71. The lowest BCUT2D eigenvalue weighted by molar-refractivity contribution is -0.130. The van der Waals surface area contributed by atoms with Crippen LogP contribution < -0.4 is 29.7 Å². The number of carbonyl (C=O) groups excluding carboxylic acids is 1. The first-order valence-electron chi connectivity index (χ1n) is 10.9. The molecule has 0 aliphatic carbocycles. The normalized spacial score (nSPS) is 22.7. The number of hydrogen-bond donors (Lipinski definition) is 2. The molecule has 0 aromatic heterocycles. The molecule has 1 saturated heterocycles. The first kappa shape index (κ1) is 22.0. The summed E-state index contributed by atoms with van der Waals surface area (Å²) in [6.07, 6.45) is 0. The highest BCUT2D eigenvalue weighted by atomic mass is 32.1. The van der Waals surface area contributed by atoms with Gasteiger partial charge in [0.25, 0.3) is 0 Å². The Morgan fingerprint density at radius 2 is 1.74 bits per heavy atom. The number of amides is 1. The number of methoxy groups -OCH3 is 2. The zero-order chi connectivity index (χ0) is 23.9. The third-order valence-corrected chi connectivity index (χ3v) is 6.67. The number of nitrogens with zero attached hydrogens (tertiary/aromatic N) is 1. The monoisotopic (exact) mass is 475 g/mol. The van der Waals surface area contributed by atoms with Gasteiger partial charge in [-0.25, -0.2) is 0 Å². The standard InChI is InChI=1S/C26H25N3O4S/c1-26-22(24(30)27-16-12-14-17(31-2)15-13-16)23(18-8-4-6-10-20(18)33-26)28-25(34)29(26)19-9-5-7-11-21(19)32-3/h4-15,22-23H,1-3H3,(H,27,30)(H,28,34). The third kappa shape index (κ3) is 3.51. The van der Waals surface area contributed by atoms with Crippen LogP contribution in [-0.4, -0.2) is 31.0 Å². The van der Waals surface area contributed by atoms with Crippen LogP contribution in [0.2, 0.25) is 0 Å². The Labute approximate surface area is 203 Å². The van der Waals surface area contributed by atoms with Crippen LogP contribution in [0.15, 0.2) is 72.8 Å². The molecule has 3 unspecified atom stereocenters. The molecule has 0 saturated carbocycles. The SMILES string of the molecule is COc1ccc(NC(=O)C2C3NC(=S)N(c4ccccc4OC)C2(C)Oc2ccccc23)cc1. The molecule has 3 aromatic carbocycles. The molecular formula is C26H25N3O4S. The summed E-state index contributed by atoms with van der Waals surface area (Å²) in [6, 6.07) is 22.1. The van der Waals surface area contributed by atoms with Crippen molar-refractivity contribution in [3.8, 4) is 17.2 Å². The van der Waals surface area contributed by atoms with Crippen LogP contribution in [0.25, 0.3) is 0 Å². The Bertz CT molecular complexity index is 1250. The Kier molecular flexibility index (Phi) is 5.53. The van der Waals surface area contributed by atoms with E-state index >= 15 is 0 Å². The van der Waals surface area contributed by atoms with E-state index in [1.165, 1.54) is 0 Å². The number of carbonyl (C=O) groups is 1. The smallest absolute Gasteiger partial charge is 0.236 e. The molecule has 174 valence electrons. The number of para-hydroxylation sites is 3. The molecule has 3 aromatic rings. The number of hydrogen-bond acceptors (Lipinski definition) is 5. The minimum atomic E-state index is -1.12. The van der Waals surface area contributed by atoms with Crippen molar-refractivity contribution >= 4 is 34.6 Å². The van der Waals surface area contributed by atoms with Crippen molar-refractivity contribution < 1.29 is 19.0 Å². The fraction of sp³-hybridized carbons (Fsp3) is 0.231. The van der Waals surface area contributed by atoms with Gasteiger partial charge in [-0.2, -0.15) is 0 Å². The minimum absolute atomic E-state index is 0.193. The van der Waals surface area contributed by atoms with Crippen LogP contribution in [0, 0.1) is 5.92 Å². The quantitative estimate of drug-likeness (QED) is 0.527. The van der Waals surface area contributed by atoms with Gasteiger partial charge in [0.15, 0.2) is 10.8 Å². The maximum atomic E-state index is 13.8. The zero-order valence-electron chi connectivity index (χ0n) is 19.1. The molecule has 2 N–H and O–H groups in total. The Morgan fingerprint density at radius 3 is 2.47 bits per heavy atom. The van der Waals surface area contributed by atoms with Gasteiger partial charge in [-0.1, -0.05) is 30.3 Å². The van der Waals surface area contributed by atoms with Crippen molar-refractivity contribution in [3.05, 3.63) is 78.4 Å². The molecule has 3 atom stereocenters. The van der Waals surface area contributed by atoms with Gasteiger partial charge in [0.2, 0.25) is 5.91 Å². The van der Waals surface area contributed by atoms with Gasteiger partial charge < -0.3 is 24.8 Å². The predicted molar refractivity (Wildman–Crippen MR) is 135 cm³/mol. The molecule has 2 heterocycles. The fourth-order valence-electron chi connectivity index (χ4n) is 4.80. The maximum Gasteiger partial charge on any atom is 0.236 e. The number of thiocarbonyl (C=S) groups is 1. The molecule has 0 radical (unpaired) electrons. The molecule has 1 fully saturated rings. The van der Waals surface area contributed by atoms with Gasteiger partial charge in [0.05, 0.1) is 25.9 Å². The molecular weight excluding hydrogens is 450 g/mol. The van der Waals surface area contributed by atoms with Crippen molar-refractivity contribution in [2.45, 2.75) is 18.7 Å². The predicted octanol–water partition coefficient (Wildman–Crippen LogP) is 4.50. The summed E-state index contributed by atoms with van der Waals surface area (Å²) in [6.45, 7) is 1.90. The number of ether oxygens (including phenoxy) is 3. The first-order chi connectivity index (χ1) is 16.5. The number of rotatable bonds is 5. The molecule has 2 bridgehead atoms. The highest BCUT2D eigenvalue weighted by Crippen LogP contribution is 2.50. The van der Waals surface area contributed by atoms with E-state index in [2.05, 4.69) is 10.6 Å². The number of nitrogens with one attached hydrogen (secondary N) is 2. The second kappa shape index (κ2) is 8.53. The molecule has 7 nitrogen and oxygen atoms in total. The number of fused-ring (bicyclic) bond motifs is 4. The van der Waals surface area contributed by atoms with Crippen LogP contribution in [0.4, 0.5) is 11.4 Å². The molecule has 34 heavy (non-hydrogen) atoms. The summed E-state index contributed by atoms with van der Waals surface area (Å²) in [5.41, 5.74) is 1.15. The third-order valence-electron chi connectivity index (χ3n) is 6.37. The van der Waals surface area contributed by atoms with Crippen LogP contribution in [-0.2, 0) is 4.79 Å².